The zero-order valence-electron chi connectivity index (χ0n) is 8.84. The van der Waals surface area contributed by atoms with Gasteiger partial charge in [-0.25, -0.2) is 0 Å². The minimum atomic E-state index is 0.657. The van der Waals surface area contributed by atoms with Gasteiger partial charge in [-0.1, -0.05) is 23.8 Å². The molecule has 14 heavy (non-hydrogen) atoms. The van der Waals surface area contributed by atoms with Gasteiger partial charge in [0.15, 0.2) is 0 Å². The third-order valence-corrected chi connectivity index (χ3v) is 3.96. The van der Waals surface area contributed by atoms with Gasteiger partial charge in [-0.3, -0.25) is 0 Å². The Balaban J connectivity index is 2.22. The summed E-state index contributed by atoms with van der Waals surface area (Å²) >= 11 is 2.07. The van der Waals surface area contributed by atoms with Crippen LogP contribution in [0.4, 0.5) is 0 Å². The van der Waals surface area contributed by atoms with Crippen molar-refractivity contribution in [3.05, 3.63) is 34.9 Å². The van der Waals surface area contributed by atoms with Gasteiger partial charge in [0.1, 0.15) is 0 Å². The van der Waals surface area contributed by atoms with Crippen molar-refractivity contribution in [3.63, 3.8) is 0 Å². The van der Waals surface area contributed by atoms with Crippen LogP contribution in [-0.4, -0.2) is 18.8 Å². The van der Waals surface area contributed by atoms with Crippen LogP contribution < -0.4 is 5.32 Å². The van der Waals surface area contributed by atoms with Crippen molar-refractivity contribution >= 4 is 11.8 Å². The molecule has 1 heterocycles. The zero-order valence-corrected chi connectivity index (χ0v) is 9.66. The second-order valence-electron chi connectivity index (χ2n) is 3.92. The Bertz CT molecular complexity index is 316. The van der Waals surface area contributed by atoms with Gasteiger partial charge in [-0.15, -0.1) is 0 Å². The lowest BCUT2D eigenvalue weighted by Gasteiger charge is -2.24. The Morgan fingerprint density at radius 2 is 2.21 bits per heavy atom. The second kappa shape index (κ2) is 4.37. The van der Waals surface area contributed by atoms with E-state index in [1.165, 1.54) is 22.4 Å². The molecule has 0 aromatic heterocycles. The highest BCUT2D eigenvalue weighted by Gasteiger charge is 2.16. The van der Waals surface area contributed by atoms with Crippen LogP contribution in [-0.2, 0) is 0 Å². The monoisotopic (exact) mass is 207 g/mol. The highest BCUT2D eigenvalue weighted by atomic mass is 32.2. The predicted octanol–water partition coefficient (Wildman–Crippen LogP) is 2.68. The van der Waals surface area contributed by atoms with Crippen molar-refractivity contribution in [1.82, 2.24) is 5.32 Å². The molecule has 0 aliphatic carbocycles. The molecule has 0 radical (unpaired) electrons. The molecule has 1 N–H and O–H groups in total. The van der Waals surface area contributed by atoms with Crippen LogP contribution in [0.3, 0.4) is 0 Å². The standard InChI is InChI=1S/C12H17NS/c1-9-3-4-11(10(2)7-9)12-8-13-5-6-14-12/h3-4,7,12-13H,5-6,8H2,1-2H3. The van der Waals surface area contributed by atoms with Crippen LogP contribution >= 0.6 is 11.8 Å². The van der Waals surface area contributed by atoms with Crippen LogP contribution in [0.1, 0.15) is 21.9 Å². The minimum Gasteiger partial charge on any atom is -0.314 e. The zero-order chi connectivity index (χ0) is 9.97. The molecule has 0 bridgehead atoms. The first-order valence-electron chi connectivity index (χ1n) is 5.17. The molecule has 76 valence electrons. The first-order valence-corrected chi connectivity index (χ1v) is 6.22. The third kappa shape index (κ3) is 2.12. The van der Waals surface area contributed by atoms with E-state index in [1.54, 1.807) is 0 Å². The molecule has 2 rings (SSSR count). The number of hydrogen-bond donors (Lipinski definition) is 1. The van der Waals surface area contributed by atoms with Crippen molar-refractivity contribution < 1.29 is 0 Å². The molecule has 0 spiro atoms. The van der Waals surface area contributed by atoms with Crippen LogP contribution in [0.25, 0.3) is 0 Å². The van der Waals surface area contributed by atoms with E-state index < -0.39 is 0 Å². The summed E-state index contributed by atoms with van der Waals surface area (Å²) in [7, 11) is 0. The lowest BCUT2D eigenvalue weighted by Crippen LogP contribution is -2.28. The average Bonchev–Trinajstić information content (AvgIpc) is 2.19. The summed E-state index contributed by atoms with van der Waals surface area (Å²) in [6, 6.07) is 6.79. The van der Waals surface area contributed by atoms with E-state index in [2.05, 4.69) is 49.1 Å². The van der Waals surface area contributed by atoms with E-state index in [-0.39, 0.29) is 0 Å². The van der Waals surface area contributed by atoms with E-state index in [9.17, 15) is 0 Å². The maximum atomic E-state index is 3.45. The largest absolute Gasteiger partial charge is 0.314 e. The summed E-state index contributed by atoms with van der Waals surface area (Å²) in [5, 5.41) is 4.11. The van der Waals surface area contributed by atoms with Crippen LogP contribution in [0, 0.1) is 13.8 Å². The van der Waals surface area contributed by atoms with Gasteiger partial charge in [-0.05, 0) is 25.0 Å². The van der Waals surface area contributed by atoms with Crippen molar-refractivity contribution in [2.75, 3.05) is 18.8 Å². The van der Waals surface area contributed by atoms with E-state index in [1.807, 2.05) is 0 Å². The molecule has 1 fully saturated rings. The number of aryl methyl sites for hydroxylation is 2. The lowest BCUT2D eigenvalue weighted by molar-refractivity contribution is 0.687. The highest BCUT2D eigenvalue weighted by molar-refractivity contribution is 7.99. The smallest absolute Gasteiger partial charge is 0.0424 e. The molecule has 1 aromatic rings. The molecule has 1 unspecified atom stereocenters. The number of thioether (sulfide) groups is 1. The fourth-order valence-corrected chi connectivity index (χ4v) is 3.18. The normalized spacial score (nSPS) is 22.3. The number of hydrogen-bond acceptors (Lipinski definition) is 2. The molecular formula is C12H17NS. The van der Waals surface area contributed by atoms with Gasteiger partial charge in [0, 0.05) is 24.1 Å². The molecular weight excluding hydrogens is 190 g/mol. The lowest BCUT2D eigenvalue weighted by atomic mass is 10.0. The molecule has 1 aliphatic rings. The van der Waals surface area contributed by atoms with Crippen molar-refractivity contribution in [2.24, 2.45) is 0 Å². The SMILES string of the molecule is Cc1ccc(C2CNCCS2)c(C)c1. The summed E-state index contributed by atoms with van der Waals surface area (Å²) in [5.41, 5.74) is 4.30. The van der Waals surface area contributed by atoms with Gasteiger partial charge in [0.2, 0.25) is 0 Å². The topological polar surface area (TPSA) is 12.0 Å². The summed E-state index contributed by atoms with van der Waals surface area (Å²) < 4.78 is 0. The highest BCUT2D eigenvalue weighted by Crippen LogP contribution is 2.32. The van der Waals surface area contributed by atoms with Gasteiger partial charge >= 0.3 is 0 Å². The molecule has 1 saturated heterocycles. The van der Waals surface area contributed by atoms with Gasteiger partial charge in [-0.2, -0.15) is 11.8 Å². The van der Waals surface area contributed by atoms with Crippen molar-refractivity contribution in [2.45, 2.75) is 19.1 Å². The average molecular weight is 207 g/mol. The fourth-order valence-electron chi connectivity index (χ4n) is 1.95. The molecule has 1 aromatic carbocycles. The summed E-state index contributed by atoms with van der Waals surface area (Å²) in [6.07, 6.45) is 0. The Labute approximate surface area is 90.3 Å². The Kier molecular flexibility index (Phi) is 3.14. The maximum absolute atomic E-state index is 3.45. The quantitative estimate of drug-likeness (QED) is 0.760. The summed E-state index contributed by atoms with van der Waals surface area (Å²) in [6.45, 7) is 6.65. The maximum Gasteiger partial charge on any atom is 0.0424 e. The molecule has 0 saturated carbocycles. The minimum absolute atomic E-state index is 0.657. The van der Waals surface area contributed by atoms with Crippen LogP contribution in [0.15, 0.2) is 18.2 Å². The Hall–Kier alpha value is -0.470. The van der Waals surface area contributed by atoms with Crippen LogP contribution in [0.5, 0.6) is 0 Å². The number of rotatable bonds is 1. The fraction of sp³-hybridized carbons (Fsp3) is 0.500. The van der Waals surface area contributed by atoms with Gasteiger partial charge < -0.3 is 5.32 Å². The summed E-state index contributed by atoms with van der Waals surface area (Å²) in [4.78, 5) is 0. The van der Waals surface area contributed by atoms with E-state index in [0.717, 1.165) is 13.1 Å². The van der Waals surface area contributed by atoms with Crippen LogP contribution in [0.2, 0.25) is 0 Å². The Morgan fingerprint density at radius 3 is 2.86 bits per heavy atom. The predicted molar refractivity (Wildman–Crippen MR) is 64.0 cm³/mol. The number of nitrogens with one attached hydrogen (secondary N) is 1. The van der Waals surface area contributed by atoms with Gasteiger partial charge in [0.25, 0.3) is 0 Å². The molecule has 1 atom stereocenters. The molecule has 2 heteroatoms. The van der Waals surface area contributed by atoms with Gasteiger partial charge in [0.05, 0.1) is 0 Å². The van der Waals surface area contributed by atoms with Crippen molar-refractivity contribution in [3.8, 4) is 0 Å². The third-order valence-electron chi connectivity index (χ3n) is 2.70. The second-order valence-corrected chi connectivity index (χ2v) is 5.23. The first kappa shape index (κ1) is 10.1. The van der Waals surface area contributed by atoms with E-state index in [4.69, 9.17) is 0 Å². The number of benzene rings is 1. The van der Waals surface area contributed by atoms with Crippen molar-refractivity contribution in [1.29, 1.82) is 0 Å². The molecule has 0 amide bonds. The first-order chi connectivity index (χ1) is 6.77. The van der Waals surface area contributed by atoms with E-state index >= 15 is 0 Å². The molecule has 1 nitrogen and oxygen atoms in total. The summed E-state index contributed by atoms with van der Waals surface area (Å²) in [5.74, 6) is 1.23. The van der Waals surface area contributed by atoms with E-state index in [0.29, 0.717) is 5.25 Å². The Morgan fingerprint density at radius 1 is 1.36 bits per heavy atom. The molecule has 1 aliphatic heterocycles.